The van der Waals surface area contributed by atoms with Crippen molar-refractivity contribution in [3.8, 4) is 5.75 Å². The SMILES string of the molecule is COC(=O)[C@H](Nc1ccc2c(c1)NC(=O)[C@@H](C)O2)c1ccccc1. The van der Waals surface area contributed by atoms with Gasteiger partial charge in [0.25, 0.3) is 5.91 Å². The van der Waals surface area contributed by atoms with E-state index in [0.29, 0.717) is 17.1 Å². The van der Waals surface area contributed by atoms with Gasteiger partial charge in [0.05, 0.1) is 12.8 Å². The van der Waals surface area contributed by atoms with Gasteiger partial charge in [-0.1, -0.05) is 30.3 Å². The molecule has 6 heteroatoms. The van der Waals surface area contributed by atoms with Crippen molar-refractivity contribution in [1.29, 1.82) is 0 Å². The first-order valence-electron chi connectivity index (χ1n) is 7.59. The summed E-state index contributed by atoms with van der Waals surface area (Å²) in [7, 11) is 1.35. The van der Waals surface area contributed by atoms with Gasteiger partial charge >= 0.3 is 5.97 Å². The lowest BCUT2D eigenvalue weighted by molar-refractivity contribution is -0.141. The number of esters is 1. The Labute approximate surface area is 139 Å². The van der Waals surface area contributed by atoms with Gasteiger partial charge in [0.1, 0.15) is 5.75 Å². The molecular formula is C18H18N2O4. The van der Waals surface area contributed by atoms with Gasteiger partial charge in [-0.3, -0.25) is 4.79 Å². The number of hydrogen-bond acceptors (Lipinski definition) is 5. The Morgan fingerprint density at radius 1 is 1.25 bits per heavy atom. The van der Waals surface area contributed by atoms with Gasteiger partial charge in [-0.05, 0) is 30.7 Å². The number of amides is 1. The summed E-state index contributed by atoms with van der Waals surface area (Å²) in [6.45, 7) is 1.69. The fourth-order valence-corrected chi connectivity index (χ4v) is 2.51. The molecule has 1 aliphatic rings. The summed E-state index contributed by atoms with van der Waals surface area (Å²) in [6.07, 6.45) is -0.525. The summed E-state index contributed by atoms with van der Waals surface area (Å²) < 4.78 is 10.4. The monoisotopic (exact) mass is 326 g/mol. The summed E-state index contributed by atoms with van der Waals surface area (Å²) in [5.41, 5.74) is 2.03. The molecule has 2 N–H and O–H groups in total. The van der Waals surface area contributed by atoms with Crippen molar-refractivity contribution in [1.82, 2.24) is 0 Å². The molecule has 0 aromatic heterocycles. The highest BCUT2D eigenvalue weighted by atomic mass is 16.5. The number of fused-ring (bicyclic) bond motifs is 1. The maximum Gasteiger partial charge on any atom is 0.332 e. The number of hydrogen-bond donors (Lipinski definition) is 2. The van der Waals surface area contributed by atoms with Crippen molar-refractivity contribution in [2.75, 3.05) is 17.7 Å². The van der Waals surface area contributed by atoms with E-state index >= 15 is 0 Å². The number of ether oxygens (including phenoxy) is 2. The summed E-state index contributed by atoms with van der Waals surface area (Å²) in [6, 6.07) is 13.9. The Kier molecular flexibility index (Phi) is 4.37. The predicted octanol–water partition coefficient (Wildman–Crippen LogP) is 2.73. The van der Waals surface area contributed by atoms with E-state index in [1.165, 1.54) is 7.11 Å². The van der Waals surface area contributed by atoms with Gasteiger partial charge in [0.2, 0.25) is 0 Å². The highest BCUT2D eigenvalue weighted by Crippen LogP contribution is 2.33. The molecule has 0 saturated heterocycles. The zero-order valence-corrected chi connectivity index (χ0v) is 13.4. The minimum absolute atomic E-state index is 0.202. The van der Waals surface area contributed by atoms with E-state index in [9.17, 15) is 9.59 Å². The quantitative estimate of drug-likeness (QED) is 0.845. The molecule has 2 atom stereocenters. The van der Waals surface area contributed by atoms with Crippen LogP contribution in [0.4, 0.5) is 11.4 Å². The van der Waals surface area contributed by atoms with E-state index in [2.05, 4.69) is 10.6 Å². The maximum absolute atomic E-state index is 12.1. The number of methoxy groups -OCH3 is 1. The van der Waals surface area contributed by atoms with Crippen molar-refractivity contribution in [3.05, 3.63) is 54.1 Å². The van der Waals surface area contributed by atoms with Crippen LogP contribution in [0.5, 0.6) is 5.75 Å². The Hall–Kier alpha value is -3.02. The first-order chi connectivity index (χ1) is 11.6. The third-order valence-corrected chi connectivity index (χ3v) is 3.79. The van der Waals surface area contributed by atoms with Gasteiger partial charge in [-0.15, -0.1) is 0 Å². The Morgan fingerprint density at radius 2 is 2.00 bits per heavy atom. The molecule has 0 aliphatic carbocycles. The lowest BCUT2D eigenvalue weighted by Gasteiger charge is -2.24. The second kappa shape index (κ2) is 6.62. The Morgan fingerprint density at radius 3 is 2.71 bits per heavy atom. The predicted molar refractivity (Wildman–Crippen MR) is 90.0 cm³/mol. The number of benzene rings is 2. The van der Waals surface area contributed by atoms with Crippen LogP contribution in [-0.4, -0.2) is 25.1 Å². The number of rotatable bonds is 4. The normalized spacial score (nSPS) is 17.1. The maximum atomic E-state index is 12.1. The lowest BCUT2D eigenvalue weighted by Crippen LogP contribution is -2.34. The second-order valence-electron chi connectivity index (χ2n) is 5.47. The van der Waals surface area contributed by atoms with Crippen molar-refractivity contribution in [2.45, 2.75) is 19.1 Å². The molecule has 0 unspecified atom stereocenters. The highest BCUT2D eigenvalue weighted by molar-refractivity contribution is 5.98. The molecule has 0 bridgehead atoms. The van der Waals surface area contributed by atoms with Crippen molar-refractivity contribution < 1.29 is 19.1 Å². The van der Waals surface area contributed by atoms with Crippen LogP contribution in [0, 0.1) is 0 Å². The minimum atomic E-state index is -0.645. The van der Waals surface area contributed by atoms with Crippen LogP contribution in [-0.2, 0) is 14.3 Å². The van der Waals surface area contributed by atoms with Gasteiger partial charge in [0.15, 0.2) is 12.1 Å². The lowest BCUT2D eigenvalue weighted by atomic mass is 10.1. The van der Waals surface area contributed by atoms with E-state index < -0.39 is 18.1 Å². The minimum Gasteiger partial charge on any atom is -0.479 e. The van der Waals surface area contributed by atoms with Crippen LogP contribution in [0.3, 0.4) is 0 Å². The van der Waals surface area contributed by atoms with E-state index in [1.54, 1.807) is 25.1 Å². The van der Waals surface area contributed by atoms with Crippen molar-refractivity contribution in [2.24, 2.45) is 0 Å². The van der Waals surface area contributed by atoms with Crippen molar-refractivity contribution >= 4 is 23.3 Å². The molecule has 24 heavy (non-hydrogen) atoms. The fraction of sp³-hybridized carbons (Fsp3) is 0.222. The zero-order valence-electron chi connectivity index (χ0n) is 13.4. The van der Waals surface area contributed by atoms with Crippen LogP contribution in [0.2, 0.25) is 0 Å². The smallest absolute Gasteiger partial charge is 0.332 e. The van der Waals surface area contributed by atoms with Crippen LogP contribution < -0.4 is 15.4 Å². The molecule has 124 valence electrons. The number of nitrogens with one attached hydrogen (secondary N) is 2. The van der Waals surface area contributed by atoms with Gasteiger partial charge in [0, 0.05) is 5.69 Å². The van der Waals surface area contributed by atoms with Crippen LogP contribution >= 0.6 is 0 Å². The second-order valence-corrected chi connectivity index (χ2v) is 5.47. The van der Waals surface area contributed by atoms with Gasteiger partial charge in [-0.25, -0.2) is 4.79 Å². The summed E-state index contributed by atoms with van der Waals surface area (Å²) in [5.74, 6) is 0.00188. The molecule has 2 aromatic rings. The van der Waals surface area contributed by atoms with Crippen LogP contribution in [0.25, 0.3) is 0 Å². The van der Waals surface area contributed by atoms with Crippen molar-refractivity contribution in [3.63, 3.8) is 0 Å². The van der Waals surface area contributed by atoms with E-state index in [-0.39, 0.29) is 5.91 Å². The molecule has 0 fully saturated rings. The van der Waals surface area contributed by atoms with E-state index in [0.717, 1.165) is 5.56 Å². The van der Waals surface area contributed by atoms with E-state index in [1.807, 2.05) is 30.3 Å². The summed E-state index contributed by atoms with van der Waals surface area (Å²) in [4.78, 5) is 23.9. The molecule has 0 spiro atoms. The number of carbonyl (C=O) groups is 2. The fourth-order valence-electron chi connectivity index (χ4n) is 2.51. The third-order valence-electron chi connectivity index (χ3n) is 3.79. The summed E-state index contributed by atoms with van der Waals surface area (Å²) in [5, 5.41) is 5.93. The Balaban J connectivity index is 1.87. The molecule has 2 aromatic carbocycles. The highest BCUT2D eigenvalue weighted by Gasteiger charge is 2.25. The van der Waals surface area contributed by atoms with Gasteiger partial charge in [-0.2, -0.15) is 0 Å². The molecule has 0 saturated carbocycles. The standard InChI is InChI=1S/C18H18N2O4/c1-11-17(21)20-14-10-13(8-9-15(14)24-11)19-16(18(22)23-2)12-6-4-3-5-7-12/h3-11,16,19H,1-2H3,(H,20,21)/t11-,16-/m1/s1. The van der Waals surface area contributed by atoms with Crippen LogP contribution in [0.15, 0.2) is 48.5 Å². The molecule has 3 rings (SSSR count). The largest absolute Gasteiger partial charge is 0.479 e. The molecule has 1 heterocycles. The first-order valence-corrected chi connectivity index (χ1v) is 7.59. The third kappa shape index (κ3) is 3.17. The summed E-state index contributed by atoms with van der Waals surface area (Å²) >= 11 is 0. The Bertz CT molecular complexity index is 761. The van der Waals surface area contributed by atoms with E-state index in [4.69, 9.17) is 9.47 Å². The molecule has 6 nitrogen and oxygen atoms in total. The number of anilines is 2. The molecule has 0 radical (unpaired) electrons. The molecule has 1 amide bonds. The number of carbonyl (C=O) groups excluding carboxylic acids is 2. The van der Waals surface area contributed by atoms with Crippen LogP contribution in [0.1, 0.15) is 18.5 Å². The average molecular weight is 326 g/mol. The van der Waals surface area contributed by atoms with Gasteiger partial charge < -0.3 is 20.1 Å². The zero-order chi connectivity index (χ0) is 17.1. The average Bonchev–Trinajstić information content (AvgIpc) is 2.61. The first kappa shape index (κ1) is 15.9. The molecular weight excluding hydrogens is 308 g/mol. The molecule has 1 aliphatic heterocycles. The topological polar surface area (TPSA) is 76.7 Å².